The van der Waals surface area contributed by atoms with Crippen molar-refractivity contribution in [2.24, 2.45) is 0 Å². The van der Waals surface area contributed by atoms with Gasteiger partial charge in [0.15, 0.2) is 0 Å². The minimum Gasteiger partial charge on any atom is -0.346 e. The van der Waals surface area contributed by atoms with E-state index in [4.69, 9.17) is 0 Å². The molecule has 0 unspecified atom stereocenters. The van der Waals surface area contributed by atoms with E-state index >= 15 is 0 Å². The number of aromatic nitrogens is 1. The molecular weight excluding hydrogens is 268 g/mol. The maximum absolute atomic E-state index is 12.2. The molecule has 0 atom stereocenters. The monoisotopic (exact) mass is 286 g/mol. The molecule has 2 heterocycles. The minimum absolute atomic E-state index is 0.0220. The van der Waals surface area contributed by atoms with Crippen LogP contribution in [0.25, 0.3) is 0 Å². The first-order valence-corrected chi connectivity index (χ1v) is 7.94. The van der Waals surface area contributed by atoms with Crippen LogP contribution in [0.15, 0.2) is 30.5 Å². The Hall–Kier alpha value is -1.68. The van der Waals surface area contributed by atoms with E-state index in [1.54, 1.807) is 17.5 Å². The number of nitrogens with zero attached hydrogens (tertiary/aromatic N) is 1. The highest BCUT2D eigenvalue weighted by molar-refractivity contribution is 7.14. The summed E-state index contributed by atoms with van der Waals surface area (Å²) in [5.41, 5.74) is 2.27. The third-order valence-electron chi connectivity index (χ3n) is 3.63. The number of thiophene rings is 1. The molecule has 1 amide bonds. The molecule has 0 fully saturated rings. The lowest BCUT2D eigenvalue weighted by atomic mass is 10.1. The number of amides is 1. The molecule has 2 aromatic rings. The zero-order valence-electron chi connectivity index (χ0n) is 11.4. The molecule has 3 rings (SSSR count). The van der Waals surface area contributed by atoms with Crippen molar-refractivity contribution in [1.29, 1.82) is 0 Å². The summed E-state index contributed by atoms with van der Waals surface area (Å²) in [6.07, 6.45) is 7.81. The fourth-order valence-corrected chi connectivity index (χ4v) is 3.71. The first kappa shape index (κ1) is 13.3. The number of hydrogen-bond acceptors (Lipinski definition) is 3. The van der Waals surface area contributed by atoms with E-state index in [-0.39, 0.29) is 5.91 Å². The average molecular weight is 286 g/mol. The summed E-state index contributed by atoms with van der Waals surface area (Å²) >= 11 is 1.66. The highest BCUT2D eigenvalue weighted by Crippen LogP contribution is 2.28. The van der Waals surface area contributed by atoms with Gasteiger partial charge in [-0.2, -0.15) is 0 Å². The topological polar surface area (TPSA) is 42.0 Å². The smallest absolute Gasteiger partial charge is 0.261 e. The standard InChI is InChI=1S/C16H18N2OS/c19-16(18-11-13-7-4-5-9-17-13)15-10-12-6-2-1-3-8-14(12)20-15/h4-5,7,9-10H,1-3,6,8,11H2,(H,18,19). The number of aryl methyl sites for hydroxylation is 2. The molecule has 0 aliphatic heterocycles. The highest BCUT2D eigenvalue weighted by atomic mass is 32.1. The molecule has 3 nitrogen and oxygen atoms in total. The van der Waals surface area contributed by atoms with Crippen molar-refractivity contribution in [3.63, 3.8) is 0 Å². The number of pyridine rings is 1. The number of carbonyl (C=O) groups excluding carboxylic acids is 1. The molecule has 4 heteroatoms. The molecule has 104 valence electrons. The van der Waals surface area contributed by atoms with E-state index in [1.807, 2.05) is 18.2 Å². The van der Waals surface area contributed by atoms with Gasteiger partial charge in [0.25, 0.3) is 5.91 Å². The van der Waals surface area contributed by atoms with Gasteiger partial charge < -0.3 is 5.32 Å². The number of carbonyl (C=O) groups is 1. The zero-order chi connectivity index (χ0) is 13.8. The van der Waals surface area contributed by atoms with Crippen LogP contribution in [-0.2, 0) is 19.4 Å². The quantitative estimate of drug-likeness (QED) is 0.879. The molecular formula is C16H18N2OS. The van der Waals surface area contributed by atoms with Crippen LogP contribution in [0.1, 0.15) is 45.1 Å². The van der Waals surface area contributed by atoms with E-state index in [9.17, 15) is 4.79 Å². The van der Waals surface area contributed by atoms with Gasteiger partial charge in [-0.15, -0.1) is 11.3 Å². The van der Waals surface area contributed by atoms with Crippen LogP contribution >= 0.6 is 11.3 Å². The Bertz CT molecular complexity index is 568. The maximum Gasteiger partial charge on any atom is 0.261 e. The van der Waals surface area contributed by atoms with E-state index in [1.165, 1.54) is 29.7 Å². The van der Waals surface area contributed by atoms with Crippen LogP contribution in [0.5, 0.6) is 0 Å². The molecule has 0 saturated heterocycles. The lowest BCUT2D eigenvalue weighted by Gasteiger charge is -2.02. The van der Waals surface area contributed by atoms with Crippen molar-refractivity contribution < 1.29 is 4.79 Å². The summed E-state index contributed by atoms with van der Waals surface area (Å²) in [7, 11) is 0. The molecule has 20 heavy (non-hydrogen) atoms. The van der Waals surface area contributed by atoms with Gasteiger partial charge in [-0.25, -0.2) is 0 Å². The van der Waals surface area contributed by atoms with E-state index < -0.39 is 0 Å². The Kier molecular flexibility index (Phi) is 4.11. The Labute approximate surface area is 123 Å². The van der Waals surface area contributed by atoms with Gasteiger partial charge >= 0.3 is 0 Å². The molecule has 0 spiro atoms. The summed E-state index contributed by atoms with van der Waals surface area (Å²) in [4.78, 5) is 18.7. The van der Waals surface area contributed by atoms with Crippen molar-refractivity contribution in [1.82, 2.24) is 10.3 Å². The Morgan fingerprint density at radius 2 is 2.15 bits per heavy atom. The van der Waals surface area contributed by atoms with Gasteiger partial charge in [0.1, 0.15) is 0 Å². The second kappa shape index (κ2) is 6.18. The molecule has 0 aromatic carbocycles. The minimum atomic E-state index is 0.0220. The molecule has 0 bridgehead atoms. The Morgan fingerprint density at radius 1 is 1.25 bits per heavy atom. The molecule has 0 saturated carbocycles. The van der Waals surface area contributed by atoms with Crippen molar-refractivity contribution in [3.8, 4) is 0 Å². The lowest BCUT2D eigenvalue weighted by molar-refractivity contribution is 0.0954. The normalized spacial score (nSPS) is 14.4. The molecule has 1 aliphatic carbocycles. The van der Waals surface area contributed by atoms with E-state index in [2.05, 4.69) is 16.4 Å². The number of rotatable bonds is 3. The lowest BCUT2D eigenvalue weighted by Crippen LogP contribution is -2.22. The highest BCUT2D eigenvalue weighted by Gasteiger charge is 2.16. The van der Waals surface area contributed by atoms with E-state index in [0.29, 0.717) is 6.54 Å². The van der Waals surface area contributed by atoms with Gasteiger partial charge in [0.2, 0.25) is 0 Å². The summed E-state index contributed by atoms with van der Waals surface area (Å²) in [5, 5.41) is 2.95. The van der Waals surface area contributed by atoms with Gasteiger partial charge in [-0.3, -0.25) is 9.78 Å². The summed E-state index contributed by atoms with van der Waals surface area (Å²) in [6, 6.07) is 7.81. The average Bonchev–Trinajstić information content (AvgIpc) is 2.77. The number of hydrogen-bond donors (Lipinski definition) is 1. The first-order valence-electron chi connectivity index (χ1n) is 7.12. The van der Waals surface area contributed by atoms with Gasteiger partial charge in [0, 0.05) is 11.1 Å². The predicted molar refractivity (Wildman–Crippen MR) is 81.0 cm³/mol. The van der Waals surface area contributed by atoms with Crippen molar-refractivity contribution in [2.75, 3.05) is 0 Å². The molecule has 2 aromatic heterocycles. The zero-order valence-corrected chi connectivity index (χ0v) is 12.2. The maximum atomic E-state index is 12.2. The van der Waals surface area contributed by atoms with Crippen molar-refractivity contribution in [2.45, 2.75) is 38.6 Å². The fraction of sp³-hybridized carbons (Fsp3) is 0.375. The van der Waals surface area contributed by atoms with Crippen LogP contribution < -0.4 is 5.32 Å². The van der Waals surface area contributed by atoms with Crippen LogP contribution in [0.2, 0.25) is 0 Å². The van der Waals surface area contributed by atoms with E-state index in [0.717, 1.165) is 23.4 Å². The second-order valence-electron chi connectivity index (χ2n) is 5.12. The van der Waals surface area contributed by atoms with Crippen molar-refractivity contribution >= 4 is 17.2 Å². The van der Waals surface area contributed by atoms with Crippen LogP contribution in [0, 0.1) is 0 Å². The molecule has 1 aliphatic rings. The number of nitrogens with one attached hydrogen (secondary N) is 1. The third kappa shape index (κ3) is 3.07. The van der Waals surface area contributed by atoms with Crippen LogP contribution in [0.3, 0.4) is 0 Å². The Balaban J connectivity index is 1.65. The van der Waals surface area contributed by atoms with Crippen LogP contribution in [-0.4, -0.2) is 10.9 Å². The molecule has 1 N–H and O–H groups in total. The van der Waals surface area contributed by atoms with Gasteiger partial charge in [0.05, 0.1) is 17.1 Å². The second-order valence-corrected chi connectivity index (χ2v) is 6.26. The SMILES string of the molecule is O=C(NCc1ccccn1)c1cc2c(s1)CCCCC2. The van der Waals surface area contributed by atoms with Crippen LogP contribution in [0.4, 0.5) is 0 Å². The Morgan fingerprint density at radius 3 is 3.00 bits per heavy atom. The molecule has 0 radical (unpaired) electrons. The van der Waals surface area contributed by atoms with Gasteiger partial charge in [-0.05, 0) is 49.4 Å². The number of fused-ring (bicyclic) bond motifs is 1. The fourth-order valence-electron chi connectivity index (χ4n) is 2.54. The summed E-state index contributed by atoms with van der Waals surface area (Å²) < 4.78 is 0. The summed E-state index contributed by atoms with van der Waals surface area (Å²) in [6.45, 7) is 0.488. The van der Waals surface area contributed by atoms with Gasteiger partial charge in [-0.1, -0.05) is 12.5 Å². The first-order chi connectivity index (χ1) is 9.83. The van der Waals surface area contributed by atoms with Crippen molar-refractivity contribution in [3.05, 3.63) is 51.5 Å². The predicted octanol–water partition coefficient (Wildman–Crippen LogP) is 3.34. The summed E-state index contributed by atoms with van der Waals surface area (Å²) in [5.74, 6) is 0.0220. The third-order valence-corrected chi connectivity index (χ3v) is 4.86. The largest absolute Gasteiger partial charge is 0.346 e.